The van der Waals surface area contributed by atoms with Crippen LogP contribution in [0.1, 0.15) is 80.6 Å². The van der Waals surface area contributed by atoms with Gasteiger partial charge in [-0.3, -0.25) is 14.5 Å². The Labute approximate surface area is 297 Å². The maximum Gasteiger partial charge on any atom is 0.410 e. The lowest BCUT2D eigenvalue weighted by atomic mass is 9.88. The summed E-state index contributed by atoms with van der Waals surface area (Å²) < 4.78 is 23.4. The second kappa shape index (κ2) is 18.6. The number of ether oxygens (including phenoxy) is 4. The highest BCUT2D eigenvalue weighted by Gasteiger charge is 2.47. The predicted octanol–water partition coefficient (Wildman–Crippen LogP) is 2.86. The standard InChI is InChI=1S/C37H61N3O10/c1-8-29(43)26(4)34-30(47-34)23-36(6,46)14-9-10-24(2)33-25(3)11-12-31(48-35(45)40-20-18-39(17-16-38)19-21-40)37(7,50-27(5)41)15-13-28(42)22-32(44)49-33/h9-12,14,25-26,28-31,33-34,42-43,46H,8,13,15-23,38H2,1-7H3/b12-11+,14-9+,24-10+/t25-,26+,28+,29-,30+,31-,33+,34+,36-,37+/m0/s1. The van der Waals surface area contributed by atoms with Crippen molar-refractivity contribution in [1.29, 1.82) is 0 Å². The fraction of sp³-hybridized carbons (Fsp3) is 0.757. The van der Waals surface area contributed by atoms with Crippen LogP contribution >= 0.6 is 0 Å². The molecule has 0 saturated carbocycles. The van der Waals surface area contributed by atoms with Crippen LogP contribution in [0.2, 0.25) is 0 Å². The van der Waals surface area contributed by atoms with Gasteiger partial charge in [-0.2, -0.15) is 0 Å². The van der Waals surface area contributed by atoms with E-state index < -0.39 is 59.6 Å². The van der Waals surface area contributed by atoms with Crippen molar-refractivity contribution in [1.82, 2.24) is 9.80 Å². The number of hydrogen-bond acceptors (Lipinski definition) is 12. The van der Waals surface area contributed by atoms with Crippen LogP contribution < -0.4 is 5.73 Å². The Kier molecular flexibility index (Phi) is 15.5. The summed E-state index contributed by atoms with van der Waals surface area (Å²) in [7, 11) is 0. The van der Waals surface area contributed by atoms with Crippen LogP contribution in [0.4, 0.5) is 4.79 Å². The van der Waals surface area contributed by atoms with Crippen molar-refractivity contribution >= 4 is 18.0 Å². The SMILES string of the molecule is CC[C@H](O)[C@@H](C)[C@H]1O[C@@H]1C[C@@](C)(O)/C=C/C=C(\C)[C@H]1OC(=O)C[C@H](O)CC[C@@](C)(OC(C)=O)[C@@H](OC(=O)N2CCN(CCN)CC2)/C=C/[C@@H]1C. The van der Waals surface area contributed by atoms with E-state index in [1.165, 1.54) is 6.92 Å². The Bertz CT molecular complexity index is 1230. The van der Waals surface area contributed by atoms with E-state index in [9.17, 15) is 29.7 Å². The summed E-state index contributed by atoms with van der Waals surface area (Å²) in [6, 6.07) is 0. The molecule has 0 aliphatic carbocycles. The summed E-state index contributed by atoms with van der Waals surface area (Å²) in [4.78, 5) is 42.5. The molecule has 13 heteroatoms. The fourth-order valence-corrected chi connectivity index (χ4v) is 6.75. The lowest BCUT2D eigenvalue weighted by Crippen LogP contribution is -2.52. The number of hydrogen-bond donors (Lipinski definition) is 4. The zero-order valence-electron chi connectivity index (χ0n) is 31.0. The number of nitrogens with zero attached hydrogens (tertiary/aromatic N) is 2. The summed E-state index contributed by atoms with van der Waals surface area (Å²) in [5.74, 6) is -1.60. The van der Waals surface area contributed by atoms with Gasteiger partial charge in [0.1, 0.15) is 11.7 Å². The van der Waals surface area contributed by atoms with Crippen LogP contribution in [0.15, 0.2) is 36.0 Å². The number of aliphatic hydroxyl groups excluding tert-OH is 2. The number of amides is 1. The molecule has 3 aliphatic heterocycles. The average Bonchev–Trinajstić information content (AvgIpc) is 3.81. The van der Waals surface area contributed by atoms with Gasteiger partial charge in [-0.05, 0) is 51.7 Å². The first-order valence-electron chi connectivity index (χ1n) is 18.0. The molecule has 284 valence electrons. The van der Waals surface area contributed by atoms with Gasteiger partial charge in [-0.15, -0.1) is 0 Å². The number of cyclic esters (lactones) is 1. The Balaban J connectivity index is 1.81. The third-order valence-corrected chi connectivity index (χ3v) is 10.0. The molecule has 13 nitrogen and oxygen atoms in total. The molecule has 0 aromatic carbocycles. The molecular weight excluding hydrogens is 646 g/mol. The topological polar surface area (TPSA) is 185 Å². The van der Waals surface area contributed by atoms with Crippen LogP contribution in [0.25, 0.3) is 0 Å². The smallest absolute Gasteiger partial charge is 0.410 e. The summed E-state index contributed by atoms with van der Waals surface area (Å²) in [5, 5.41) is 32.0. The van der Waals surface area contributed by atoms with Crippen molar-refractivity contribution in [2.75, 3.05) is 39.3 Å². The highest BCUT2D eigenvalue weighted by atomic mass is 16.6. The summed E-state index contributed by atoms with van der Waals surface area (Å²) >= 11 is 0. The molecule has 0 radical (unpaired) electrons. The number of nitrogens with two attached hydrogens (primary N) is 1. The second-order valence-corrected chi connectivity index (χ2v) is 14.7. The van der Waals surface area contributed by atoms with E-state index in [0.29, 0.717) is 51.1 Å². The Morgan fingerprint density at radius 1 is 1.22 bits per heavy atom. The van der Waals surface area contributed by atoms with Gasteiger partial charge >= 0.3 is 18.0 Å². The van der Waals surface area contributed by atoms with E-state index in [1.807, 2.05) is 27.7 Å². The molecule has 2 saturated heterocycles. The highest BCUT2D eigenvalue weighted by molar-refractivity contribution is 5.71. The normalized spacial score (nSPS) is 33.3. The molecule has 3 rings (SSSR count). The monoisotopic (exact) mass is 707 g/mol. The third kappa shape index (κ3) is 12.4. The van der Waals surface area contributed by atoms with Crippen molar-refractivity contribution in [2.45, 2.75) is 128 Å². The largest absolute Gasteiger partial charge is 0.457 e. The first-order chi connectivity index (χ1) is 23.5. The highest BCUT2D eigenvalue weighted by Crippen LogP contribution is 2.38. The minimum Gasteiger partial charge on any atom is -0.457 e. The molecule has 3 heterocycles. The lowest BCUT2D eigenvalue weighted by molar-refractivity contribution is -0.168. The fourth-order valence-electron chi connectivity index (χ4n) is 6.75. The van der Waals surface area contributed by atoms with Gasteiger partial charge < -0.3 is 44.9 Å². The van der Waals surface area contributed by atoms with Gasteiger partial charge in [0.15, 0.2) is 6.10 Å². The van der Waals surface area contributed by atoms with E-state index in [4.69, 9.17) is 24.7 Å². The number of rotatable bonds is 12. The molecule has 0 unspecified atom stereocenters. The molecule has 1 amide bonds. The van der Waals surface area contributed by atoms with Gasteiger partial charge in [0, 0.05) is 64.4 Å². The van der Waals surface area contributed by atoms with Gasteiger partial charge in [-0.25, -0.2) is 4.79 Å². The van der Waals surface area contributed by atoms with Gasteiger partial charge in [0.2, 0.25) is 0 Å². The van der Waals surface area contributed by atoms with E-state index in [-0.39, 0.29) is 37.4 Å². The number of aliphatic hydroxyl groups is 3. The number of allylic oxidation sites excluding steroid dienone is 2. The van der Waals surface area contributed by atoms with Crippen LogP contribution in [0.3, 0.4) is 0 Å². The molecular formula is C37H61N3O10. The Hall–Kier alpha value is -2.81. The molecule has 10 atom stereocenters. The van der Waals surface area contributed by atoms with Crippen molar-refractivity contribution in [3.05, 3.63) is 36.0 Å². The minimum atomic E-state index is -1.32. The lowest BCUT2D eigenvalue weighted by Gasteiger charge is -2.38. The van der Waals surface area contributed by atoms with Crippen molar-refractivity contribution < 1.29 is 48.7 Å². The number of esters is 2. The number of piperazine rings is 1. The molecule has 0 spiro atoms. The summed E-state index contributed by atoms with van der Waals surface area (Å²) in [6.45, 7) is 15.7. The van der Waals surface area contributed by atoms with E-state index >= 15 is 0 Å². The molecule has 5 N–H and O–H groups in total. The molecule has 3 aliphatic rings. The van der Waals surface area contributed by atoms with E-state index in [2.05, 4.69) is 4.90 Å². The Morgan fingerprint density at radius 2 is 1.90 bits per heavy atom. The number of epoxide rings is 1. The Morgan fingerprint density at radius 3 is 2.52 bits per heavy atom. The van der Waals surface area contributed by atoms with Crippen LogP contribution in [-0.4, -0.2) is 130 Å². The summed E-state index contributed by atoms with van der Waals surface area (Å²) in [5.41, 5.74) is 3.87. The molecule has 0 aromatic heterocycles. The maximum absolute atomic E-state index is 13.4. The van der Waals surface area contributed by atoms with Gasteiger partial charge in [0.05, 0.1) is 36.4 Å². The van der Waals surface area contributed by atoms with Crippen LogP contribution in [-0.2, 0) is 28.5 Å². The van der Waals surface area contributed by atoms with Gasteiger partial charge in [-0.1, -0.05) is 45.1 Å². The summed E-state index contributed by atoms with van der Waals surface area (Å²) in [6.07, 6.45) is 5.44. The second-order valence-electron chi connectivity index (χ2n) is 14.7. The van der Waals surface area contributed by atoms with E-state index in [0.717, 1.165) is 6.54 Å². The van der Waals surface area contributed by atoms with Gasteiger partial charge in [0.25, 0.3) is 0 Å². The number of carbonyl (C=O) groups excluding carboxylic acids is 3. The van der Waals surface area contributed by atoms with Crippen LogP contribution in [0.5, 0.6) is 0 Å². The third-order valence-electron chi connectivity index (χ3n) is 10.0. The first kappa shape index (κ1) is 41.6. The van der Waals surface area contributed by atoms with Crippen molar-refractivity contribution in [3.8, 4) is 0 Å². The van der Waals surface area contributed by atoms with Crippen molar-refractivity contribution in [3.63, 3.8) is 0 Å². The quantitative estimate of drug-likeness (QED) is 0.0766. The molecule has 0 bridgehead atoms. The molecule has 0 aromatic rings. The predicted molar refractivity (Wildman–Crippen MR) is 188 cm³/mol. The zero-order valence-corrected chi connectivity index (χ0v) is 31.0. The van der Waals surface area contributed by atoms with Crippen molar-refractivity contribution in [2.24, 2.45) is 17.6 Å². The number of carbonyl (C=O) groups is 3. The molecule has 2 fully saturated rings. The van der Waals surface area contributed by atoms with E-state index in [1.54, 1.807) is 49.1 Å². The minimum absolute atomic E-state index is 0.0250. The van der Waals surface area contributed by atoms with Crippen LogP contribution in [0, 0.1) is 11.8 Å². The maximum atomic E-state index is 13.4. The molecule has 50 heavy (non-hydrogen) atoms. The zero-order chi connectivity index (χ0) is 37.2. The average molecular weight is 708 g/mol. The first-order valence-corrected chi connectivity index (χ1v) is 18.0.